The van der Waals surface area contributed by atoms with Gasteiger partial charge in [0.05, 0.1) is 0 Å². The predicted octanol–water partition coefficient (Wildman–Crippen LogP) is 4.00. The first-order valence-corrected chi connectivity index (χ1v) is 6.98. The molecule has 88 valence electrons. The molecular formula is C13H19BrN2. The van der Waals surface area contributed by atoms with E-state index in [2.05, 4.69) is 44.9 Å². The molecule has 1 aromatic heterocycles. The Morgan fingerprint density at radius 1 is 1.38 bits per heavy atom. The van der Waals surface area contributed by atoms with Crippen LogP contribution in [0.3, 0.4) is 0 Å². The van der Waals surface area contributed by atoms with Gasteiger partial charge in [-0.25, -0.2) is 4.98 Å². The van der Waals surface area contributed by atoms with Crippen molar-refractivity contribution in [3.05, 3.63) is 22.8 Å². The molecule has 1 atom stereocenters. The monoisotopic (exact) mass is 282 g/mol. The number of anilines is 1. The van der Waals surface area contributed by atoms with Crippen molar-refractivity contribution in [3.63, 3.8) is 0 Å². The maximum absolute atomic E-state index is 4.52. The fourth-order valence-electron chi connectivity index (χ4n) is 2.44. The summed E-state index contributed by atoms with van der Waals surface area (Å²) in [4.78, 5) is 7.01. The first kappa shape index (κ1) is 11.9. The molecule has 1 aromatic rings. The van der Waals surface area contributed by atoms with Crippen molar-refractivity contribution in [1.29, 1.82) is 0 Å². The van der Waals surface area contributed by atoms with E-state index in [0.717, 1.165) is 16.8 Å². The lowest BCUT2D eigenvalue weighted by Gasteiger charge is -2.30. The normalized spacial score (nSPS) is 21.9. The molecule has 0 aliphatic carbocycles. The predicted molar refractivity (Wildman–Crippen MR) is 71.8 cm³/mol. The lowest BCUT2D eigenvalue weighted by molar-refractivity contribution is 0.552. The SMILES string of the molecule is CCC1CCCCCN1c1ccc(Br)cn1. The number of rotatable bonds is 2. The summed E-state index contributed by atoms with van der Waals surface area (Å²) in [6.45, 7) is 3.44. The third-order valence-corrected chi connectivity index (χ3v) is 3.82. The Balaban J connectivity index is 2.18. The Morgan fingerprint density at radius 2 is 2.25 bits per heavy atom. The van der Waals surface area contributed by atoms with E-state index in [4.69, 9.17) is 0 Å². The minimum absolute atomic E-state index is 0.677. The summed E-state index contributed by atoms with van der Waals surface area (Å²) in [5.74, 6) is 1.14. The highest BCUT2D eigenvalue weighted by Gasteiger charge is 2.20. The molecule has 2 nitrogen and oxygen atoms in total. The van der Waals surface area contributed by atoms with E-state index in [0.29, 0.717) is 6.04 Å². The van der Waals surface area contributed by atoms with Gasteiger partial charge in [-0.2, -0.15) is 0 Å². The van der Waals surface area contributed by atoms with Crippen molar-refractivity contribution in [2.75, 3.05) is 11.4 Å². The summed E-state index contributed by atoms with van der Waals surface area (Å²) in [6.07, 6.45) is 8.46. The molecule has 2 rings (SSSR count). The molecule has 1 unspecified atom stereocenters. The molecule has 0 aromatic carbocycles. The number of pyridine rings is 1. The molecule has 0 bridgehead atoms. The van der Waals surface area contributed by atoms with Gasteiger partial charge in [-0.05, 0) is 47.3 Å². The van der Waals surface area contributed by atoms with E-state index < -0.39 is 0 Å². The topological polar surface area (TPSA) is 16.1 Å². The van der Waals surface area contributed by atoms with Crippen LogP contribution < -0.4 is 4.90 Å². The van der Waals surface area contributed by atoms with E-state index in [-0.39, 0.29) is 0 Å². The average molecular weight is 283 g/mol. The molecule has 1 aliphatic heterocycles. The lowest BCUT2D eigenvalue weighted by atomic mass is 10.1. The van der Waals surface area contributed by atoms with E-state index in [9.17, 15) is 0 Å². The average Bonchev–Trinajstić information content (AvgIpc) is 2.55. The van der Waals surface area contributed by atoms with Crippen molar-refractivity contribution in [3.8, 4) is 0 Å². The second-order valence-electron chi connectivity index (χ2n) is 4.44. The minimum atomic E-state index is 0.677. The molecule has 1 fully saturated rings. The van der Waals surface area contributed by atoms with Crippen LogP contribution in [-0.4, -0.2) is 17.6 Å². The van der Waals surface area contributed by atoms with Gasteiger partial charge < -0.3 is 4.90 Å². The van der Waals surface area contributed by atoms with Gasteiger partial charge in [0.1, 0.15) is 5.82 Å². The second-order valence-corrected chi connectivity index (χ2v) is 5.36. The van der Waals surface area contributed by atoms with Crippen molar-refractivity contribution in [2.24, 2.45) is 0 Å². The number of halogens is 1. The summed E-state index contributed by atoms with van der Waals surface area (Å²) >= 11 is 3.44. The molecule has 0 saturated carbocycles. The summed E-state index contributed by atoms with van der Waals surface area (Å²) in [5, 5.41) is 0. The molecular weight excluding hydrogens is 264 g/mol. The smallest absolute Gasteiger partial charge is 0.128 e. The Morgan fingerprint density at radius 3 is 2.94 bits per heavy atom. The number of hydrogen-bond donors (Lipinski definition) is 0. The van der Waals surface area contributed by atoms with Crippen LogP contribution in [0.25, 0.3) is 0 Å². The first-order valence-electron chi connectivity index (χ1n) is 6.19. The van der Waals surface area contributed by atoms with Crippen LogP contribution in [0.4, 0.5) is 5.82 Å². The molecule has 2 heterocycles. The Bertz CT molecular complexity index is 323. The second kappa shape index (κ2) is 5.67. The Kier molecular flexibility index (Phi) is 4.22. The van der Waals surface area contributed by atoms with Crippen molar-refractivity contribution in [1.82, 2.24) is 4.98 Å². The molecule has 0 N–H and O–H groups in total. The van der Waals surface area contributed by atoms with Gasteiger partial charge in [-0.15, -0.1) is 0 Å². The third-order valence-electron chi connectivity index (χ3n) is 3.35. The summed E-state index contributed by atoms with van der Waals surface area (Å²) in [6, 6.07) is 4.88. The van der Waals surface area contributed by atoms with E-state index in [1.807, 2.05) is 6.20 Å². The standard InChI is InChI=1S/C13H19BrN2/c1-2-12-6-4-3-5-9-16(12)13-8-7-11(14)10-15-13/h7-8,10,12H,2-6,9H2,1H3. The number of hydrogen-bond acceptors (Lipinski definition) is 2. The largest absolute Gasteiger partial charge is 0.354 e. The quantitative estimate of drug-likeness (QED) is 0.815. The molecule has 0 spiro atoms. The van der Waals surface area contributed by atoms with Gasteiger partial charge in [0.2, 0.25) is 0 Å². The highest BCUT2D eigenvalue weighted by atomic mass is 79.9. The molecule has 16 heavy (non-hydrogen) atoms. The molecule has 1 aliphatic rings. The van der Waals surface area contributed by atoms with Crippen molar-refractivity contribution < 1.29 is 0 Å². The fraction of sp³-hybridized carbons (Fsp3) is 0.615. The summed E-state index contributed by atoms with van der Waals surface area (Å²) < 4.78 is 1.05. The molecule has 3 heteroatoms. The fourth-order valence-corrected chi connectivity index (χ4v) is 2.68. The molecule has 0 amide bonds. The number of aromatic nitrogens is 1. The van der Waals surface area contributed by atoms with Gasteiger partial charge in [0.15, 0.2) is 0 Å². The van der Waals surface area contributed by atoms with Crippen LogP contribution in [0.15, 0.2) is 22.8 Å². The Labute approximate surface area is 106 Å². The van der Waals surface area contributed by atoms with Gasteiger partial charge in [0, 0.05) is 23.3 Å². The van der Waals surface area contributed by atoms with E-state index >= 15 is 0 Å². The van der Waals surface area contributed by atoms with Gasteiger partial charge in [-0.3, -0.25) is 0 Å². The van der Waals surface area contributed by atoms with Crippen LogP contribution in [-0.2, 0) is 0 Å². The molecule has 0 radical (unpaired) electrons. The third kappa shape index (κ3) is 2.76. The van der Waals surface area contributed by atoms with Crippen LogP contribution in [0, 0.1) is 0 Å². The van der Waals surface area contributed by atoms with Crippen LogP contribution in [0.1, 0.15) is 39.0 Å². The van der Waals surface area contributed by atoms with Crippen LogP contribution in [0.2, 0.25) is 0 Å². The zero-order valence-electron chi connectivity index (χ0n) is 9.82. The summed E-state index contributed by atoms with van der Waals surface area (Å²) in [7, 11) is 0. The highest BCUT2D eigenvalue weighted by molar-refractivity contribution is 9.10. The van der Waals surface area contributed by atoms with Gasteiger partial charge in [0.25, 0.3) is 0 Å². The maximum atomic E-state index is 4.52. The molecule has 1 saturated heterocycles. The summed E-state index contributed by atoms with van der Waals surface area (Å²) in [5.41, 5.74) is 0. The van der Waals surface area contributed by atoms with Gasteiger partial charge >= 0.3 is 0 Å². The first-order chi connectivity index (χ1) is 7.81. The number of nitrogens with zero attached hydrogens (tertiary/aromatic N) is 2. The Hall–Kier alpha value is -0.570. The van der Waals surface area contributed by atoms with Crippen molar-refractivity contribution >= 4 is 21.7 Å². The zero-order chi connectivity index (χ0) is 11.4. The highest BCUT2D eigenvalue weighted by Crippen LogP contribution is 2.24. The lowest BCUT2D eigenvalue weighted by Crippen LogP contribution is -2.34. The maximum Gasteiger partial charge on any atom is 0.128 e. The van der Waals surface area contributed by atoms with Crippen LogP contribution >= 0.6 is 15.9 Å². The zero-order valence-corrected chi connectivity index (χ0v) is 11.4. The van der Waals surface area contributed by atoms with Gasteiger partial charge in [-0.1, -0.05) is 19.8 Å². The minimum Gasteiger partial charge on any atom is -0.354 e. The van der Waals surface area contributed by atoms with E-state index in [1.165, 1.54) is 32.1 Å². The van der Waals surface area contributed by atoms with E-state index in [1.54, 1.807) is 0 Å². The van der Waals surface area contributed by atoms with Crippen LogP contribution in [0.5, 0.6) is 0 Å². The van der Waals surface area contributed by atoms with Crippen molar-refractivity contribution in [2.45, 2.75) is 45.1 Å².